The number of benzene rings is 5. The lowest BCUT2D eigenvalue weighted by atomic mass is 9.94. The zero-order chi connectivity index (χ0) is 25.1. The van der Waals surface area contributed by atoms with Crippen LogP contribution in [0.1, 0.15) is 0 Å². The van der Waals surface area contributed by atoms with Crippen molar-refractivity contribution < 1.29 is 4.42 Å². The molecule has 38 heavy (non-hydrogen) atoms. The molecule has 0 fully saturated rings. The summed E-state index contributed by atoms with van der Waals surface area (Å²) >= 11 is 0. The second-order valence-corrected chi connectivity index (χ2v) is 9.70. The van der Waals surface area contributed by atoms with Gasteiger partial charge < -0.3 is 8.82 Å². The van der Waals surface area contributed by atoms with Crippen LogP contribution in [0.15, 0.2) is 138 Å². The minimum atomic E-state index is 0.901. The minimum absolute atomic E-state index is 0.901. The molecule has 0 spiro atoms. The van der Waals surface area contributed by atoms with Crippen LogP contribution in [0.5, 0.6) is 0 Å². The molecule has 178 valence electrons. The lowest BCUT2D eigenvalue weighted by Gasteiger charge is -2.09. The van der Waals surface area contributed by atoms with Crippen molar-refractivity contribution in [2.45, 2.75) is 0 Å². The quantitative estimate of drug-likeness (QED) is 0.249. The molecule has 0 aliphatic heterocycles. The summed E-state index contributed by atoms with van der Waals surface area (Å²) in [5, 5.41) is 4.65. The molecule has 8 rings (SSSR count). The number of fused-ring (bicyclic) bond motifs is 5. The Balaban J connectivity index is 1.33. The van der Waals surface area contributed by atoms with Crippen LogP contribution in [0.4, 0.5) is 0 Å². The van der Waals surface area contributed by atoms with E-state index in [1.807, 2.05) is 30.5 Å². The lowest BCUT2D eigenvalue weighted by molar-refractivity contribution is 0.670. The van der Waals surface area contributed by atoms with Gasteiger partial charge in [0, 0.05) is 34.3 Å². The van der Waals surface area contributed by atoms with Crippen LogP contribution in [0, 0.1) is 0 Å². The van der Waals surface area contributed by atoms with Gasteiger partial charge in [0.05, 0.1) is 5.69 Å². The van der Waals surface area contributed by atoms with E-state index in [0.29, 0.717) is 0 Å². The second-order valence-electron chi connectivity index (χ2n) is 9.70. The summed E-state index contributed by atoms with van der Waals surface area (Å²) in [4.78, 5) is 4.79. The molecule has 0 atom stereocenters. The summed E-state index contributed by atoms with van der Waals surface area (Å²) in [6.45, 7) is 0. The van der Waals surface area contributed by atoms with Gasteiger partial charge in [-0.2, -0.15) is 0 Å². The lowest BCUT2D eigenvalue weighted by Crippen LogP contribution is -1.85. The Kier molecular flexibility index (Phi) is 4.52. The second kappa shape index (κ2) is 8.19. The van der Waals surface area contributed by atoms with Crippen LogP contribution in [0.25, 0.3) is 71.9 Å². The highest BCUT2D eigenvalue weighted by atomic mass is 16.3. The predicted molar refractivity (Wildman–Crippen MR) is 156 cm³/mol. The fourth-order valence-electron chi connectivity index (χ4n) is 5.55. The summed E-state index contributed by atoms with van der Waals surface area (Å²) in [5.41, 5.74) is 9.45. The van der Waals surface area contributed by atoms with Gasteiger partial charge in [0.25, 0.3) is 0 Å². The summed E-state index contributed by atoms with van der Waals surface area (Å²) < 4.78 is 8.63. The van der Waals surface area contributed by atoms with Gasteiger partial charge in [0.2, 0.25) is 0 Å². The van der Waals surface area contributed by atoms with Gasteiger partial charge in [-0.1, -0.05) is 91.0 Å². The number of rotatable bonds is 3. The maximum Gasteiger partial charge on any atom is 0.143 e. The summed E-state index contributed by atoms with van der Waals surface area (Å²) in [7, 11) is 0. The molecular formula is C35H22N2O. The molecule has 3 heteroatoms. The van der Waals surface area contributed by atoms with Crippen molar-refractivity contribution >= 4 is 38.4 Å². The average Bonchev–Trinajstić information content (AvgIpc) is 3.58. The molecule has 3 heterocycles. The van der Waals surface area contributed by atoms with Crippen LogP contribution >= 0.6 is 0 Å². The minimum Gasteiger partial charge on any atom is -0.455 e. The van der Waals surface area contributed by atoms with Gasteiger partial charge in [0.1, 0.15) is 16.8 Å². The normalized spacial score (nSPS) is 11.7. The standard InChI is InChI=1S/C35H22N2O/c1-2-8-23(9-3-1)26-17-18-32-29(20-26)30-21-27-10-4-5-11-28(27)34(35(30)38-32)25-15-13-24(14-16-25)31-22-37-19-7-6-12-33(37)36-31/h1-22H. The molecule has 0 bridgehead atoms. The molecule has 0 saturated carbocycles. The van der Waals surface area contributed by atoms with Gasteiger partial charge in [0.15, 0.2) is 0 Å². The van der Waals surface area contributed by atoms with Crippen molar-refractivity contribution in [2.75, 3.05) is 0 Å². The molecule has 5 aromatic carbocycles. The van der Waals surface area contributed by atoms with Gasteiger partial charge in [-0.05, 0) is 57.8 Å². The van der Waals surface area contributed by atoms with E-state index in [0.717, 1.165) is 50.0 Å². The van der Waals surface area contributed by atoms with Crippen molar-refractivity contribution in [2.24, 2.45) is 0 Å². The van der Waals surface area contributed by atoms with E-state index in [-0.39, 0.29) is 0 Å². The number of nitrogens with zero attached hydrogens (tertiary/aromatic N) is 2. The first-order chi connectivity index (χ1) is 18.8. The largest absolute Gasteiger partial charge is 0.455 e. The molecule has 8 aromatic rings. The Bertz CT molecular complexity index is 2080. The number of pyridine rings is 1. The van der Waals surface area contributed by atoms with Crippen molar-refractivity contribution in [3.05, 3.63) is 134 Å². The Morgan fingerprint density at radius 3 is 2.18 bits per heavy atom. The molecule has 0 unspecified atom stereocenters. The average molecular weight is 487 g/mol. The highest BCUT2D eigenvalue weighted by molar-refractivity contribution is 6.18. The Hall–Kier alpha value is -5.15. The zero-order valence-corrected chi connectivity index (χ0v) is 20.5. The molecule has 0 saturated heterocycles. The topological polar surface area (TPSA) is 30.4 Å². The number of imidazole rings is 1. The smallest absolute Gasteiger partial charge is 0.143 e. The first-order valence-electron chi connectivity index (χ1n) is 12.8. The fraction of sp³-hybridized carbons (Fsp3) is 0. The van der Waals surface area contributed by atoms with E-state index in [1.54, 1.807) is 0 Å². The summed E-state index contributed by atoms with van der Waals surface area (Å²) in [5.74, 6) is 0. The maximum absolute atomic E-state index is 6.58. The molecule has 3 aromatic heterocycles. The van der Waals surface area contributed by atoms with Crippen LogP contribution in [-0.4, -0.2) is 9.38 Å². The van der Waals surface area contributed by atoms with E-state index < -0.39 is 0 Å². The van der Waals surface area contributed by atoms with Crippen LogP contribution in [-0.2, 0) is 0 Å². The first kappa shape index (κ1) is 21.0. The molecule has 0 radical (unpaired) electrons. The van der Waals surface area contributed by atoms with Crippen LogP contribution in [0.2, 0.25) is 0 Å². The fourth-order valence-corrected chi connectivity index (χ4v) is 5.55. The van der Waals surface area contributed by atoms with Gasteiger partial charge in [-0.3, -0.25) is 0 Å². The van der Waals surface area contributed by atoms with E-state index >= 15 is 0 Å². The van der Waals surface area contributed by atoms with Gasteiger partial charge in [-0.25, -0.2) is 4.98 Å². The van der Waals surface area contributed by atoms with Crippen molar-refractivity contribution in [3.8, 4) is 33.5 Å². The zero-order valence-electron chi connectivity index (χ0n) is 20.5. The Morgan fingerprint density at radius 2 is 1.32 bits per heavy atom. The number of hydrogen-bond donors (Lipinski definition) is 0. The summed E-state index contributed by atoms with van der Waals surface area (Å²) in [6.07, 6.45) is 4.10. The van der Waals surface area contributed by atoms with E-state index in [9.17, 15) is 0 Å². The molecule has 0 N–H and O–H groups in total. The van der Waals surface area contributed by atoms with Crippen molar-refractivity contribution in [3.63, 3.8) is 0 Å². The van der Waals surface area contributed by atoms with Crippen LogP contribution < -0.4 is 0 Å². The van der Waals surface area contributed by atoms with Crippen molar-refractivity contribution in [1.29, 1.82) is 0 Å². The SMILES string of the molecule is c1ccc(-c2ccc3oc4c(-c5ccc(-c6cn7ccccc7n6)cc5)c5ccccc5cc4c3c2)cc1. The molecular weight excluding hydrogens is 464 g/mol. The van der Waals surface area contributed by atoms with E-state index in [4.69, 9.17) is 9.40 Å². The van der Waals surface area contributed by atoms with E-state index in [1.165, 1.54) is 21.9 Å². The number of furan rings is 1. The highest BCUT2D eigenvalue weighted by Crippen LogP contribution is 2.42. The van der Waals surface area contributed by atoms with Gasteiger partial charge >= 0.3 is 0 Å². The Morgan fingerprint density at radius 1 is 0.553 bits per heavy atom. The third-order valence-corrected chi connectivity index (χ3v) is 7.42. The van der Waals surface area contributed by atoms with Gasteiger partial charge in [-0.15, -0.1) is 0 Å². The third kappa shape index (κ3) is 3.26. The number of aromatic nitrogens is 2. The molecule has 0 aliphatic rings. The van der Waals surface area contributed by atoms with E-state index in [2.05, 4.69) is 108 Å². The maximum atomic E-state index is 6.58. The molecule has 3 nitrogen and oxygen atoms in total. The third-order valence-electron chi connectivity index (χ3n) is 7.42. The molecule has 0 aliphatic carbocycles. The first-order valence-corrected chi connectivity index (χ1v) is 12.8. The molecule has 0 amide bonds. The number of hydrogen-bond acceptors (Lipinski definition) is 2. The van der Waals surface area contributed by atoms with Crippen molar-refractivity contribution in [1.82, 2.24) is 9.38 Å². The van der Waals surface area contributed by atoms with Crippen LogP contribution in [0.3, 0.4) is 0 Å². The predicted octanol–water partition coefficient (Wildman–Crippen LogP) is 9.39. The monoisotopic (exact) mass is 486 g/mol. The highest BCUT2D eigenvalue weighted by Gasteiger charge is 2.17. The Labute approximate surface area is 219 Å². The summed E-state index contributed by atoms with van der Waals surface area (Å²) in [6, 6.07) is 42.5.